The molecule has 154 valence electrons. The van der Waals surface area contributed by atoms with Crippen molar-refractivity contribution in [3.8, 4) is 11.8 Å². The van der Waals surface area contributed by atoms with Crippen LogP contribution in [0.5, 0.6) is 5.75 Å². The summed E-state index contributed by atoms with van der Waals surface area (Å²) in [6.07, 6.45) is 0.590. The first-order chi connectivity index (χ1) is 13.7. The molecule has 0 aliphatic rings. The van der Waals surface area contributed by atoms with E-state index in [1.165, 1.54) is 4.90 Å². The van der Waals surface area contributed by atoms with Crippen molar-refractivity contribution in [1.82, 2.24) is 4.90 Å². The van der Waals surface area contributed by atoms with Gasteiger partial charge < -0.3 is 14.4 Å². The molecule has 0 fully saturated rings. The van der Waals surface area contributed by atoms with Crippen molar-refractivity contribution in [3.63, 3.8) is 0 Å². The van der Waals surface area contributed by atoms with Crippen LogP contribution in [0.3, 0.4) is 0 Å². The van der Waals surface area contributed by atoms with Gasteiger partial charge in [0.15, 0.2) is 0 Å². The Morgan fingerprint density at radius 2 is 1.90 bits per heavy atom. The number of rotatable bonds is 7. The summed E-state index contributed by atoms with van der Waals surface area (Å²) in [6, 6.07) is 17.0. The Morgan fingerprint density at radius 3 is 2.52 bits per heavy atom. The van der Waals surface area contributed by atoms with Gasteiger partial charge >= 0.3 is 6.09 Å². The maximum Gasteiger partial charge on any atom is 0.410 e. The molecule has 0 aliphatic heterocycles. The summed E-state index contributed by atoms with van der Waals surface area (Å²) in [7, 11) is 1.70. The van der Waals surface area contributed by atoms with E-state index >= 15 is 0 Å². The van der Waals surface area contributed by atoms with E-state index in [-0.39, 0.29) is 12.2 Å². The first-order valence-electron chi connectivity index (χ1n) is 9.52. The second-order valence-corrected chi connectivity index (χ2v) is 8.31. The molecule has 2 rings (SSSR count). The fourth-order valence-corrected chi connectivity index (χ4v) is 2.88. The monoisotopic (exact) mass is 414 g/mol. The fourth-order valence-electron chi connectivity index (χ4n) is 2.71. The number of hydrogen-bond acceptors (Lipinski definition) is 4. The lowest BCUT2D eigenvalue weighted by atomic mass is 10.0. The summed E-state index contributed by atoms with van der Waals surface area (Å²) in [5, 5.41) is 9.87. The number of benzene rings is 2. The number of amides is 1. The van der Waals surface area contributed by atoms with Crippen LogP contribution >= 0.6 is 11.6 Å². The molecule has 0 heterocycles. The second kappa shape index (κ2) is 10.2. The predicted molar refractivity (Wildman–Crippen MR) is 114 cm³/mol. The molecule has 29 heavy (non-hydrogen) atoms. The smallest absolute Gasteiger partial charge is 0.410 e. The van der Waals surface area contributed by atoms with E-state index < -0.39 is 5.60 Å². The van der Waals surface area contributed by atoms with Crippen LogP contribution in [-0.4, -0.2) is 36.3 Å². The molecule has 0 N–H and O–H groups in total. The normalized spacial score (nSPS) is 12.0. The van der Waals surface area contributed by atoms with Crippen molar-refractivity contribution in [2.24, 2.45) is 0 Å². The number of nitriles is 1. The van der Waals surface area contributed by atoms with Crippen molar-refractivity contribution >= 4 is 17.7 Å². The summed E-state index contributed by atoms with van der Waals surface area (Å²) in [4.78, 5) is 13.8. The minimum absolute atomic E-state index is 0.243. The van der Waals surface area contributed by atoms with E-state index in [1.807, 2.05) is 51.1 Å². The number of halogens is 1. The van der Waals surface area contributed by atoms with Crippen molar-refractivity contribution in [2.45, 2.75) is 45.3 Å². The molecule has 0 saturated carbocycles. The first-order valence-corrected chi connectivity index (χ1v) is 9.90. The molecule has 0 saturated heterocycles. The van der Waals surface area contributed by atoms with Crippen molar-refractivity contribution in [2.75, 3.05) is 13.6 Å². The lowest BCUT2D eigenvalue weighted by Crippen LogP contribution is -2.36. The molecule has 6 heteroatoms. The van der Waals surface area contributed by atoms with Crippen LogP contribution in [0.25, 0.3) is 0 Å². The third-order valence-electron chi connectivity index (χ3n) is 4.16. The van der Waals surface area contributed by atoms with Gasteiger partial charge in [0.25, 0.3) is 0 Å². The molecular weight excluding hydrogens is 388 g/mol. The first kappa shape index (κ1) is 22.6. The zero-order valence-corrected chi connectivity index (χ0v) is 18.1. The Morgan fingerprint density at radius 1 is 1.21 bits per heavy atom. The van der Waals surface area contributed by atoms with Crippen LogP contribution in [0.15, 0.2) is 48.5 Å². The Labute approximate surface area is 177 Å². The van der Waals surface area contributed by atoms with Gasteiger partial charge in [0, 0.05) is 37.5 Å². The van der Waals surface area contributed by atoms with Gasteiger partial charge in [0.1, 0.15) is 23.5 Å². The van der Waals surface area contributed by atoms with Gasteiger partial charge in [-0.2, -0.15) is 5.26 Å². The minimum atomic E-state index is -0.548. The number of carbonyl (C=O) groups excluding carboxylic acids is 1. The summed E-state index contributed by atoms with van der Waals surface area (Å²) >= 11 is 6.09. The van der Waals surface area contributed by atoms with Gasteiger partial charge in [-0.1, -0.05) is 41.9 Å². The fraction of sp³-hybridized carbons (Fsp3) is 0.391. The summed E-state index contributed by atoms with van der Waals surface area (Å²) in [5.74, 6) is 0.445. The lowest BCUT2D eigenvalue weighted by molar-refractivity contribution is 0.0279. The van der Waals surface area contributed by atoms with E-state index in [1.54, 1.807) is 25.2 Å². The van der Waals surface area contributed by atoms with Gasteiger partial charge in [-0.25, -0.2) is 4.79 Å². The molecule has 0 spiro atoms. The van der Waals surface area contributed by atoms with Gasteiger partial charge in [-0.05, 0) is 38.5 Å². The zero-order chi connectivity index (χ0) is 21.4. The third kappa shape index (κ3) is 7.67. The Hall–Kier alpha value is -2.71. The molecule has 5 nitrogen and oxygen atoms in total. The predicted octanol–water partition coefficient (Wildman–Crippen LogP) is 5.46. The molecule has 2 aromatic carbocycles. The average Bonchev–Trinajstić information content (AvgIpc) is 2.65. The highest BCUT2D eigenvalue weighted by atomic mass is 35.5. The zero-order valence-electron chi connectivity index (χ0n) is 17.3. The maximum atomic E-state index is 12.2. The molecule has 0 aromatic heterocycles. The summed E-state index contributed by atoms with van der Waals surface area (Å²) in [6.45, 7) is 5.96. The van der Waals surface area contributed by atoms with Crippen LogP contribution in [0.2, 0.25) is 5.02 Å². The number of nitrogens with zero attached hydrogens (tertiary/aromatic N) is 2. The molecule has 0 bridgehead atoms. The third-order valence-corrected chi connectivity index (χ3v) is 4.39. The van der Waals surface area contributed by atoms with Crippen molar-refractivity contribution in [1.29, 1.82) is 5.26 Å². The molecular formula is C23H27ClN2O3. The molecule has 1 atom stereocenters. The minimum Gasteiger partial charge on any atom is -0.489 e. The average molecular weight is 415 g/mol. The van der Waals surface area contributed by atoms with Gasteiger partial charge in [-0.15, -0.1) is 0 Å². The van der Waals surface area contributed by atoms with Crippen molar-refractivity contribution in [3.05, 3.63) is 64.7 Å². The number of hydrogen-bond donors (Lipinski definition) is 0. The Bertz CT molecular complexity index is 857. The van der Waals surface area contributed by atoms with Crippen LogP contribution in [0, 0.1) is 11.3 Å². The largest absolute Gasteiger partial charge is 0.489 e. The van der Waals surface area contributed by atoms with E-state index in [9.17, 15) is 10.1 Å². The van der Waals surface area contributed by atoms with E-state index in [0.717, 1.165) is 5.56 Å². The van der Waals surface area contributed by atoms with Gasteiger partial charge in [-0.3, -0.25) is 0 Å². The Kier molecular flexibility index (Phi) is 7.92. The Balaban J connectivity index is 2.12. The molecule has 1 unspecified atom stereocenters. The van der Waals surface area contributed by atoms with E-state index in [2.05, 4.69) is 6.07 Å². The summed E-state index contributed by atoms with van der Waals surface area (Å²) < 4.78 is 11.6. The van der Waals surface area contributed by atoms with E-state index in [0.29, 0.717) is 35.7 Å². The summed E-state index contributed by atoms with van der Waals surface area (Å²) in [5.41, 5.74) is 0.985. The molecule has 2 aromatic rings. The lowest BCUT2D eigenvalue weighted by Gasteiger charge is -2.26. The van der Waals surface area contributed by atoms with Gasteiger partial charge in [0.05, 0.1) is 5.56 Å². The van der Waals surface area contributed by atoms with Gasteiger partial charge in [0.2, 0.25) is 0 Å². The van der Waals surface area contributed by atoms with Crippen LogP contribution in [-0.2, 0) is 11.2 Å². The van der Waals surface area contributed by atoms with Crippen LogP contribution in [0.1, 0.15) is 38.3 Å². The highest BCUT2D eigenvalue weighted by Gasteiger charge is 2.21. The topological polar surface area (TPSA) is 62.6 Å². The second-order valence-electron chi connectivity index (χ2n) is 7.87. The number of carbonyl (C=O) groups is 1. The SMILES string of the molecule is CN(CCC(Cc1ccccc1)Oc1cc(Cl)ccc1C#N)C(=O)OC(C)(C)C. The quantitative estimate of drug-likeness (QED) is 0.603. The molecule has 1 amide bonds. The van der Waals surface area contributed by atoms with E-state index in [4.69, 9.17) is 21.1 Å². The molecule has 0 radical (unpaired) electrons. The van der Waals surface area contributed by atoms with Crippen LogP contribution in [0.4, 0.5) is 4.79 Å². The number of ether oxygens (including phenoxy) is 2. The standard InChI is InChI=1S/C23H27ClN2O3/c1-23(2,3)29-22(27)26(4)13-12-20(14-17-8-6-5-7-9-17)28-21-15-19(24)11-10-18(21)16-25/h5-11,15,20H,12-14H2,1-4H3. The maximum absolute atomic E-state index is 12.2. The molecule has 0 aliphatic carbocycles. The van der Waals surface area contributed by atoms with Crippen molar-refractivity contribution < 1.29 is 14.3 Å². The highest BCUT2D eigenvalue weighted by molar-refractivity contribution is 6.30. The highest BCUT2D eigenvalue weighted by Crippen LogP contribution is 2.25. The van der Waals surface area contributed by atoms with Crippen LogP contribution < -0.4 is 4.74 Å².